The van der Waals surface area contributed by atoms with Gasteiger partial charge in [-0.25, -0.2) is 4.98 Å². The molecule has 0 atom stereocenters. The molecule has 88 valence electrons. The van der Waals surface area contributed by atoms with Gasteiger partial charge in [-0.1, -0.05) is 12.1 Å². The van der Waals surface area contributed by atoms with E-state index in [0.717, 1.165) is 5.56 Å². The van der Waals surface area contributed by atoms with Gasteiger partial charge in [-0.3, -0.25) is 4.79 Å². The molecule has 5 heteroatoms. The number of nitrogens with one attached hydrogen (secondary N) is 1. The second-order valence-corrected chi connectivity index (χ2v) is 3.76. The molecule has 0 bridgehead atoms. The van der Waals surface area contributed by atoms with E-state index in [1.54, 1.807) is 13.0 Å². The van der Waals surface area contributed by atoms with Gasteiger partial charge in [0.25, 0.3) is 5.56 Å². The van der Waals surface area contributed by atoms with Crippen molar-refractivity contribution in [2.75, 3.05) is 5.73 Å². The van der Waals surface area contributed by atoms with E-state index in [4.69, 9.17) is 10.5 Å². The van der Waals surface area contributed by atoms with E-state index in [0.29, 0.717) is 17.3 Å². The first kappa shape index (κ1) is 11.2. The number of nitrogen functional groups attached to an aromatic ring is 1. The molecule has 2 rings (SSSR count). The van der Waals surface area contributed by atoms with Crippen molar-refractivity contribution < 1.29 is 4.74 Å². The Hall–Kier alpha value is -2.30. The van der Waals surface area contributed by atoms with Crippen LogP contribution in [0.3, 0.4) is 0 Å². The standard InChI is InChI=1S/C12H13N3O2/c1-7-4-3-5-9(12(7)13)17-11-6-10(16)14-8(2)15-11/h3-6H,13H2,1-2H3,(H,14,15,16). The van der Waals surface area contributed by atoms with Crippen LogP contribution in [-0.4, -0.2) is 9.97 Å². The summed E-state index contributed by atoms with van der Waals surface area (Å²) >= 11 is 0. The number of aromatic amines is 1. The summed E-state index contributed by atoms with van der Waals surface area (Å²) in [5.41, 5.74) is 7.09. The Bertz CT molecular complexity index is 605. The number of anilines is 1. The first-order chi connectivity index (χ1) is 8.06. The molecular formula is C12H13N3O2. The van der Waals surface area contributed by atoms with Gasteiger partial charge in [0.05, 0.1) is 11.8 Å². The maximum absolute atomic E-state index is 11.2. The number of rotatable bonds is 2. The lowest BCUT2D eigenvalue weighted by atomic mass is 10.2. The average molecular weight is 231 g/mol. The summed E-state index contributed by atoms with van der Waals surface area (Å²) in [7, 11) is 0. The number of nitrogens with two attached hydrogens (primary N) is 1. The van der Waals surface area contributed by atoms with Gasteiger partial charge in [0.1, 0.15) is 5.82 Å². The van der Waals surface area contributed by atoms with E-state index in [1.165, 1.54) is 6.07 Å². The van der Waals surface area contributed by atoms with Gasteiger partial charge >= 0.3 is 0 Å². The van der Waals surface area contributed by atoms with Gasteiger partial charge < -0.3 is 15.5 Å². The van der Waals surface area contributed by atoms with E-state index in [9.17, 15) is 4.79 Å². The van der Waals surface area contributed by atoms with Crippen LogP contribution in [0.25, 0.3) is 0 Å². The van der Waals surface area contributed by atoms with Gasteiger partial charge in [-0.2, -0.15) is 0 Å². The molecule has 3 N–H and O–H groups in total. The Balaban J connectivity index is 2.38. The predicted octanol–water partition coefficient (Wildman–Crippen LogP) is 1.76. The minimum Gasteiger partial charge on any atom is -0.437 e. The summed E-state index contributed by atoms with van der Waals surface area (Å²) in [6, 6.07) is 6.75. The Morgan fingerprint density at radius 3 is 2.82 bits per heavy atom. The van der Waals surface area contributed by atoms with Crippen molar-refractivity contribution >= 4 is 5.69 Å². The summed E-state index contributed by atoms with van der Waals surface area (Å²) in [6.07, 6.45) is 0. The molecule has 17 heavy (non-hydrogen) atoms. The molecule has 1 aromatic carbocycles. The molecule has 0 spiro atoms. The first-order valence-corrected chi connectivity index (χ1v) is 5.17. The van der Waals surface area contributed by atoms with E-state index in [-0.39, 0.29) is 11.4 Å². The van der Waals surface area contributed by atoms with Crippen LogP contribution in [-0.2, 0) is 0 Å². The number of benzene rings is 1. The summed E-state index contributed by atoms with van der Waals surface area (Å²) in [6.45, 7) is 3.58. The highest BCUT2D eigenvalue weighted by molar-refractivity contribution is 5.58. The number of H-pyrrole nitrogens is 1. The number of aryl methyl sites for hydroxylation is 2. The lowest BCUT2D eigenvalue weighted by molar-refractivity contribution is 0.460. The van der Waals surface area contributed by atoms with Crippen LogP contribution in [0.2, 0.25) is 0 Å². The Labute approximate surface area is 98.3 Å². The van der Waals surface area contributed by atoms with Crippen LogP contribution >= 0.6 is 0 Å². The van der Waals surface area contributed by atoms with Crippen molar-refractivity contribution in [1.29, 1.82) is 0 Å². The maximum atomic E-state index is 11.2. The predicted molar refractivity (Wildman–Crippen MR) is 65.3 cm³/mol. The Morgan fingerprint density at radius 2 is 2.12 bits per heavy atom. The van der Waals surface area contributed by atoms with Gasteiger partial charge in [0, 0.05) is 0 Å². The quantitative estimate of drug-likeness (QED) is 0.772. The normalized spacial score (nSPS) is 10.2. The summed E-state index contributed by atoms with van der Waals surface area (Å²) in [5, 5.41) is 0. The van der Waals surface area contributed by atoms with E-state index in [1.807, 2.05) is 19.1 Å². The highest BCUT2D eigenvalue weighted by Gasteiger charge is 2.06. The second-order valence-electron chi connectivity index (χ2n) is 3.76. The Morgan fingerprint density at radius 1 is 1.35 bits per heavy atom. The number of ether oxygens (including phenoxy) is 1. The molecule has 0 aliphatic rings. The fourth-order valence-electron chi connectivity index (χ4n) is 1.46. The van der Waals surface area contributed by atoms with Gasteiger partial charge in [-0.05, 0) is 25.5 Å². The third-order valence-corrected chi connectivity index (χ3v) is 2.34. The molecule has 0 aliphatic heterocycles. The molecule has 1 heterocycles. The van der Waals surface area contributed by atoms with E-state index < -0.39 is 0 Å². The number of nitrogens with zero attached hydrogens (tertiary/aromatic N) is 1. The summed E-state index contributed by atoms with van der Waals surface area (Å²) in [4.78, 5) is 17.9. The van der Waals surface area contributed by atoms with Gasteiger partial charge in [0.15, 0.2) is 5.75 Å². The number of hydrogen-bond acceptors (Lipinski definition) is 4. The van der Waals surface area contributed by atoms with Crippen LogP contribution in [0.5, 0.6) is 11.6 Å². The fraction of sp³-hybridized carbons (Fsp3) is 0.167. The molecule has 0 amide bonds. The van der Waals surface area contributed by atoms with Crippen molar-refractivity contribution in [3.63, 3.8) is 0 Å². The number of para-hydroxylation sites is 1. The van der Waals surface area contributed by atoms with Crippen LogP contribution in [0.1, 0.15) is 11.4 Å². The minimum absolute atomic E-state index is 0.239. The summed E-state index contributed by atoms with van der Waals surface area (Å²) in [5.74, 6) is 1.24. The maximum Gasteiger partial charge on any atom is 0.254 e. The van der Waals surface area contributed by atoms with Crippen molar-refractivity contribution in [1.82, 2.24) is 9.97 Å². The first-order valence-electron chi connectivity index (χ1n) is 5.17. The molecule has 0 aliphatic carbocycles. The molecule has 0 fully saturated rings. The van der Waals surface area contributed by atoms with Gasteiger partial charge in [-0.15, -0.1) is 0 Å². The molecule has 2 aromatic rings. The van der Waals surface area contributed by atoms with Crippen molar-refractivity contribution in [2.24, 2.45) is 0 Å². The summed E-state index contributed by atoms with van der Waals surface area (Å²) < 4.78 is 5.50. The third kappa shape index (κ3) is 2.44. The molecule has 5 nitrogen and oxygen atoms in total. The SMILES string of the molecule is Cc1nc(Oc2cccc(C)c2N)cc(=O)[nH]1. The zero-order chi connectivity index (χ0) is 12.4. The Kier molecular flexibility index (Phi) is 2.82. The third-order valence-electron chi connectivity index (χ3n) is 2.34. The van der Waals surface area contributed by atoms with Crippen molar-refractivity contribution in [2.45, 2.75) is 13.8 Å². The lowest BCUT2D eigenvalue weighted by Gasteiger charge is -2.09. The van der Waals surface area contributed by atoms with Crippen LogP contribution < -0.4 is 16.0 Å². The zero-order valence-corrected chi connectivity index (χ0v) is 9.65. The minimum atomic E-state index is -0.251. The number of hydrogen-bond donors (Lipinski definition) is 2. The molecule has 0 saturated carbocycles. The monoisotopic (exact) mass is 231 g/mol. The van der Waals surface area contributed by atoms with Crippen molar-refractivity contribution in [3.8, 4) is 11.6 Å². The smallest absolute Gasteiger partial charge is 0.254 e. The van der Waals surface area contributed by atoms with Crippen molar-refractivity contribution in [3.05, 3.63) is 46.0 Å². The molecule has 0 radical (unpaired) electrons. The fourth-order valence-corrected chi connectivity index (χ4v) is 1.46. The highest BCUT2D eigenvalue weighted by atomic mass is 16.5. The molecular weight excluding hydrogens is 218 g/mol. The van der Waals surface area contributed by atoms with Crippen LogP contribution in [0.15, 0.2) is 29.1 Å². The second kappa shape index (κ2) is 4.29. The molecule has 0 unspecified atom stereocenters. The van der Waals surface area contributed by atoms with E-state index >= 15 is 0 Å². The average Bonchev–Trinajstić information content (AvgIpc) is 2.23. The topological polar surface area (TPSA) is 81.0 Å². The molecule has 0 saturated heterocycles. The zero-order valence-electron chi connectivity index (χ0n) is 9.65. The van der Waals surface area contributed by atoms with Crippen LogP contribution in [0, 0.1) is 13.8 Å². The van der Waals surface area contributed by atoms with Gasteiger partial charge in [0.2, 0.25) is 5.88 Å². The van der Waals surface area contributed by atoms with Crippen LogP contribution in [0.4, 0.5) is 5.69 Å². The molecule has 1 aromatic heterocycles. The number of aromatic nitrogens is 2. The highest BCUT2D eigenvalue weighted by Crippen LogP contribution is 2.27. The van der Waals surface area contributed by atoms with E-state index in [2.05, 4.69) is 9.97 Å². The lowest BCUT2D eigenvalue weighted by Crippen LogP contribution is -2.08. The largest absolute Gasteiger partial charge is 0.437 e.